The number of benzene rings is 1. The van der Waals surface area contributed by atoms with Gasteiger partial charge in [-0.1, -0.05) is 34.6 Å². The van der Waals surface area contributed by atoms with E-state index in [9.17, 15) is 9.59 Å². The average Bonchev–Trinajstić information content (AvgIpc) is 3.49. The summed E-state index contributed by atoms with van der Waals surface area (Å²) in [5, 5.41) is 1.85. The lowest BCUT2D eigenvalue weighted by atomic mass is 9.95. The van der Waals surface area contributed by atoms with E-state index in [1.165, 1.54) is 0 Å². The molecule has 206 valence electrons. The average molecular weight is 539 g/mol. The van der Waals surface area contributed by atoms with Crippen molar-refractivity contribution in [2.45, 2.75) is 91.1 Å². The monoisotopic (exact) mass is 538 g/mol. The van der Waals surface area contributed by atoms with Crippen LogP contribution in [0.5, 0.6) is 0 Å². The van der Waals surface area contributed by atoms with Crippen LogP contribution in [-0.2, 0) is 24.4 Å². The number of nitrogens with one attached hydrogen (secondary N) is 1. The third-order valence-electron chi connectivity index (χ3n) is 7.82. The maximum atomic E-state index is 12.5. The standard InChI is InChI=1S/C29H42N4O4Si/c1-18(2)17-36-24(35)16-33-26-19(3)12-21(13-23(26)25(32-33)20(4)34)22-14-30-27(31-15-22)29(10-11-29)37-38(8,9)28(5,6)7/h12-15,18,25,32H,10-11,16-17H2,1-9H3. The van der Waals surface area contributed by atoms with Gasteiger partial charge in [0.05, 0.1) is 12.3 Å². The van der Waals surface area contributed by atoms with Gasteiger partial charge in [0.15, 0.2) is 19.9 Å². The number of ketones is 1. The van der Waals surface area contributed by atoms with Gasteiger partial charge in [-0.25, -0.2) is 15.4 Å². The second-order valence-electron chi connectivity index (χ2n) is 12.7. The molecule has 4 rings (SSSR count). The van der Waals surface area contributed by atoms with Crippen LogP contribution < -0.4 is 10.4 Å². The summed E-state index contributed by atoms with van der Waals surface area (Å²) in [5.74, 6) is 0.654. The van der Waals surface area contributed by atoms with E-state index in [0.717, 1.165) is 46.6 Å². The maximum Gasteiger partial charge on any atom is 0.327 e. The van der Waals surface area contributed by atoms with E-state index in [2.05, 4.69) is 39.3 Å². The van der Waals surface area contributed by atoms with E-state index in [1.54, 1.807) is 11.9 Å². The molecule has 1 fully saturated rings. The first-order valence-electron chi connectivity index (χ1n) is 13.5. The molecular formula is C29H42N4O4Si. The van der Waals surface area contributed by atoms with Gasteiger partial charge in [0, 0.05) is 23.5 Å². The lowest BCUT2D eigenvalue weighted by Crippen LogP contribution is -2.44. The highest BCUT2D eigenvalue weighted by Gasteiger charge is 2.54. The van der Waals surface area contributed by atoms with Gasteiger partial charge in [0.2, 0.25) is 0 Å². The lowest BCUT2D eigenvalue weighted by molar-refractivity contribution is -0.143. The van der Waals surface area contributed by atoms with Crippen molar-refractivity contribution in [2.24, 2.45) is 5.92 Å². The van der Waals surface area contributed by atoms with Crippen molar-refractivity contribution < 1.29 is 18.8 Å². The van der Waals surface area contributed by atoms with Gasteiger partial charge in [-0.15, -0.1) is 0 Å². The molecule has 0 saturated heterocycles. The molecule has 2 aromatic rings. The molecule has 0 amide bonds. The zero-order valence-electron chi connectivity index (χ0n) is 24.3. The predicted molar refractivity (Wildman–Crippen MR) is 151 cm³/mol. The molecule has 1 unspecified atom stereocenters. The lowest BCUT2D eigenvalue weighted by Gasteiger charge is -2.39. The Morgan fingerprint density at radius 3 is 2.32 bits per heavy atom. The summed E-state index contributed by atoms with van der Waals surface area (Å²) in [6.07, 6.45) is 5.59. The Bertz CT molecular complexity index is 1220. The van der Waals surface area contributed by atoms with Crippen molar-refractivity contribution in [3.05, 3.63) is 41.5 Å². The van der Waals surface area contributed by atoms with Crippen molar-refractivity contribution in [3.8, 4) is 11.1 Å². The Hall–Kier alpha value is -2.62. The fourth-order valence-corrected chi connectivity index (χ4v) is 6.14. The molecule has 1 N–H and O–H groups in total. The number of ether oxygens (including phenoxy) is 1. The van der Waals surface area contributed by atoms with Gasteiger partial charge in [-0.2, -0.15) is 0 Å². The highest BCUT2D eigenvalue weighted by molar-refractivity contribution is 6.74. The number of aromatic nitrogens is 2. The summed E-state index contributed by atoms with van der Waals surface area (Å²) in [6.45, 7) is 19.2. The fraction of sp³-hybridized carbons (Fsp3) is 0.586. The molecule has 1 atom stereocenters. The highest BCUT2D eigenvalue weighted by atomic mass is 28.4. The zero-order chi connectivity index (χ0) is 28.0. The molecule has 0 radical (unpaired) electrons. The molecule has 2 heterocycles. The summed E-state index contributed by atoms with van der Waals surface area (Å²) in [5.41, 5.74) is 7.27. The normalized spacial score (nSPS) is 18.5. The molecule has 1 aromatic carbocycles. The number of hydrazine groups is 1. The third kappa shape index (κ3) is 5.70. The van der Waals surface area contributed by atoms with E-state index in [4.69, 9.17) is 19.1 Å². The minimum absolute atomic E-state index is 0.0223. The molecule has 1 saturated carbocycles. The largest absolute Gasteiger partial charge is 0.464 e. The predicted octanol–water partition coefficient (Wildman–Crippen LogP) is 5.62. The fourth-order valence-electron chi connectivity index (χ4n) is 4.56. The number of rotatable bonds is 9. The first-order valence-corrected chi connectivity index (χ1v) is 16.4. The summed E-state index contributed by atoms with van der Waals surface area (Å²) in [6, 6.07) is 3.51. The van der Waals surface area contributed by atoms with E-state index >= 15 is 0 Å². The Balaban J connectivity index is 1.59. The number of nitrogens with zero attached hydrogens (tertiary/aromatic N) is 3. The van der Waals surface area contributed by atoms with Crippen molar-refractivity contribution >= 4 is 25.8 Å². The van der Waals surface area contributed by atoms with Crippen LogP contribution >= 0.6 is 0 Å². The molecule has 2 aliphatic rings. The SMILES string of the molecule is CC(=O)C1NN(CC(=O)OCC(C)C)c2c(C)cc(-c3cnc(C4(O[Si](C)(C)C(C)(C)C)CC4)nc3)cc21. The Morgan fingerprint density at radius 1 is 1.16 bits per heavy atom. The molecular weight excluding hydrogens is 496 g/mol. The molecule has 1 aromatic heterocycles. The van der Waals surface area contributed by atoms with Crippen LogP contribution in [-0.4, -0.2) is 43.2 Å². The van der Waals surface area contributed by atoms with Crippen LogP contribution in [0.3, 0.4) is 0 Å². The van der Waals surface area contributed by atoms with Gasteiger partial charge in [0.1, 0.15) is 18.2 Å². The molecule has 0 spiro atoms. The summed E-state index contributed by atoms with van der Waals surface area (Å²) < 4.78 is 12.1. The Morgan fingerprint density at radius 2 is 1.79 bits per heavy atom. The number of anilines is 1. The van der Waals surface area contributed by atoms with Crippen LogP contribution in [0.1, 0.15) is 77.4 Å². The van der Waals surface area contributed by atoms with Gasteiger partial charge in [-0.3, -0.25) is 14.6 Å². The Kier molecular flexibility index (Phi) is 7.59. The van der Waals surface area contributed by atoms with Gasteiger partial charge >= 0.3 is 5.97 Å². The minimum atomic E-state index is -1.96. The molecule has 1 aliphatic heterocycles. The summed E-state index contributed by atoms with van der Waals surface area (Å²) in [4.78, 5) is 34.5. The molecule has 0 bridgehead atoms. The van der Waals surface area contributed by atoms with E-state index in [-0.39, 0.29) is 34.9 Å². The number of hydrogen-bond acceptors (Lipinski definition) is 8. The number of aryl methyl sites for hydroxylation is 1. The van der Waals surface area contributed by atoms with Gasteiger partial charge in [-0.05, 0) is 74.0 Å². The zero-order valence-corrected chi connectivity index (χ0v) is 25.3. The quantitative estimate of drug-likeness (QED) is 0.325. The van der Waals surface area contributed by atoms with Crippen LogP contribution in [0.15, 0.2) is 24.5 Å². The number of carbonyl (C=O) groups is 2. The van der Waals surface area contributed by atoms with Crippen molar-refractivity contribution in [1.29, 1.82) is 0 Å². The number of esters is 1. The Labute approximate surface area is 227 Å². The first-order chi connectivity index (χ1) is 17.6. The summed E-state index contributed by atoms with van der Waals surface area (Å²) in [7, 11) is -1.96. The van der Waals surface area contributed by atoms with E-state index in [0.29, 0.717) is 6.61 Å². The second-order valence-corrected chi connectivity index (χ2v) is 17.4. The third-order valence-corrected chi connectivity index (χ3v) is 12.3. The van der Waals surface area contributed by atoms with Crippen molar-refractivity contribution in [2.75, 3.05) is 18.2 Å². The van der Waals surface area contributed by atoms with Crippen LogP contribution in [0.4, 0.5) is 5.69 Å². The highest BCUT2D eigenvalue weighted by Crippen LogP contribution is 2.53. The van der Waals surface area contributed by atoms with Crippen LogP contribution in [0.2, 0.25) is 18.1 Å². The summed E-state index contributed by atoms with van der Waals surface area (Å²) >= 11 is 0. The molecule has 38 heavy (non-hydrogen) atoms. The maximum absolute atomic E-state index is 12.5. The number of carbonyl (C=O) groups excluding carboxylic acids is 2. The minimum Gasteiger partial charge on any atom is -0.464 e. The van der Waals surface area contributed by atoms with Crippen molar-refractivity contribution in [1.82, 2.24) is 15.4 Å². The molecule has 8 nitrogen and oxygen atoms in total. The number of Topliss-reactive ketones (excluding diaryl/α,β-unsaturated/α-hetero) is 1. The van der Waals surface area contributed by atoms with Crippen LogP contribution in [0.25, 0.3) is 11.1 Å². The molecule has 1 aliphatic carbocycles. The van der Waals surface area contributed by atoms with Gasteiger partial charge < -0.3 is 9.16 Å². The smallest absolute Gasteiger partial charge is 0.327 e. The topological polar surface area (TPSA) is 93.7 Å². The molecule has 9 heteroatoms. The number of fused-ring (bicyclic) bond motifs is 1. The van der Waals surface area contributed by atoms with E-state index < -0.39 is 14.4 Å². The van der Waals surface area contributed by atoms with E-state index in [1.807, 2.05) is 45.3 Å². The number of hydrogen-bond donors (Lipinski definition) is 1. The van der Waals surface area contributed by atoms with Crippen molar-refractivity contribution in [3.63, 3.8) is 0 Å². The van der Waals surface area contributed by atoms with Crippen LogP contribution in [0, 0.1) is 12.8 Å². The first kappa shape index (κ1) is 28.4. The van der Waals surface area contributed by atoms with Gasteiger partial charge in [0.25, 0.3) is 0 Å². The second kappa shape index (κ2) is 10.2.